The van der Waals surface area contributed by atoms with Crippen molar-refractivity contribution < 1.29 is 26.0 Å². The third-order valence-corrected chi connectivity index (χ3v) is 6.77. The lowest BCUT2D eigenvalue weighted by Crippen LogP contribution is -2.29. The van der Waals surface area contributed by atoms with Gasteiger partial charge in [-0.05, 0) is 36.4 Å². The molecule has 2 N–H and O–H groups in total. The van der Waals surface area contributed by atoms with Crippen molar-refractivity contribution >= 4 is 31.5 Å². The first-order valence-electron chi connectivity index (χ1n) is 8.00. The number of rotatable bonds is 8. The van der Waals surface area contributed by atoms with Crippen LogP contribution in [0.4, 0.5) is 10.1 Å². The second-order valence-corrected chi connectivity index (χ2v) is 9.76. The Morgan fingerprint density at radius 2 is 1.63 bits per heavy atom. The lowest BCUT2D eigenvalue weighted by molar-refractivity contribution is 0.0956. The standard InChI is InChI=1S/C17H19FN2O5S2/c1-2-26(22,23)12-11-19-17(21)13-7-9-14(10-8-13)27(24,25)20-16-6-4-3-5-15(16)18/h3-10,20H,2,11-12H2,1H3,(H,19,21). The summed E-state index contributed by atoms with van der Waals surface area (Å²) in [5.74, 6) is -1.41. The topological polar surface area (TPSA) is 109 Å². The number of hydrogen-bond donors (Lipinski definition) is 2. The summed E-state index contributed by atoms with van der Waals surface area (Å²) in [5, 5.41) is 2.46. The van der Waals surface area contributed by atoms with Crippen molar-refractivity contribution in [2.75, 3.05) is 22.8 Å². The van der Waals surface area contributed by atoms with Crippen LogP contribution < -0.4 is 10.0 Å². The maximum absolute atomic E-state index is 13.6. The molecule has 146 valence electrons. The van der Waals surface area contributed by atoms with Gasteiger partial charge in [0.1, 0.15) is 5.82 Å². The third-order valence-electron chi connectivity index (χ3n) is 3.68. The van der Waals surface area contributed by atoms with E-state index >= 15 is 0 Å². The van der Waals surface area contributed by atoms with E-state index in [1.807, 2.05) is 0 Å². The van der Waals surface area contributed by atoms with Crippen LogP contribution in [0.15, 0.2) is 53.4 Å². The molecule has 0 aromatic heterocycles. The predicted molar refractivity (Wildman–Crippen MR) is 100 cm³/mol. The Kier molecular flexibility index (Phi) is 6.55. The van der Waals surface area contributed by atoms with E-state index in [4.69, 9.17) is 0 Å². The monoisotopic (exact) mass is 414 g/mol. The van der Waals surface area contributed by atoms with Crippen molar-refractivity contribution in [3.05, 3.63) is 59.9 Å². The smallest absolute Gasteiger partial charge is 0.261 e. The van der Waals surface area contributed by atoms with E-state index in [1.165, 1.54) is 49.4 Å². The zero-order valence-electron chi connectivity index (χ0n) is 14.5. The van der Waals surface area contributed by atoms with Crippen LogP contribution in [-0.4, -0.2) is 40.8 Å². The van der Waals surface area contributed by atoms with Gasteiger partial charge >= 0.3 is 0 Å². The number of hydrogen-bond acceptors (Lipinski definition) is 5. The highest BCUT2D eigenvalue weighted by Gasteiger charge is 2.17. The molecule has 0 unspecified atom stereocenters. The first-order valence-corrected chi connectivity index (χ1v) is 11.3. The Morgan fingerprint density at radius 1 is 1.00 bits per heavy atom. The molecule has 0 saturated carbocycles. The van der Waals surface area contributed by atoms with Crippen LogP contribution in [0.3, 0.4) is 0 Å². The fraction of sp³-hybridized carbons (Fsp3) is 0.235. The molecular weight excluding hydrogens is 395 g/mol. The number of amides is 1. The lowest BCUT2D eigenvalue weighted by Gasteiger charge is -2.10. The molecule has 2 aromatic carbocycles. The van der Waals surface area contributed by atoms with Gasteiger partial charge in [-0.3, -0.25) is 9.52 Å². The molecule has 2 aromatic rings. The molecule has 0 saturated heterocycles. The zero-order valence-corrected chi connectivity index (χ0v) is 16.1. The van der Waals surface area contributed by atoms with E-state index in [2.05, 4.69) is 10.0 Å². The van der Waals surface area contributed by atoms with Crippen LogP contribution in [0.1, 0.15) is 17.3 Å². The fourth-order valence-electron chi connectivity index (χ4n) is 2.10. The summed E-state index contributed by atoms with van der Waals surface area (Å²) in [5.41, 5.74) is -0.00908. The number of sulfone groups is 1. The third kappa shape index (κ3) is 5.76. The molecule has 0 heterocycles. The largest absolute Gasteiger partial charge is 0.351 e. The van der Waals surface area contributed by atoms with E-state index in [9.17, 15) is 26.0 Å². The number of carbonyl (C=O) groups is 1. The van der Waals surface area contributed by atoms with Crippen molar-refractivity contribution in [1.29, 1.82) is 0 Å². The molecule has 0 aliphatic carbocycles. The van der Waals surface area contributed by atoms with Gasteiger partial charge in [0.25, 0.3) is 15.9 Å². The summed E-state index contributed by atoms with van der Waals surface area (Å²) < 4.78 is 63.1. The molecule has 27 heavy (non-hydrogen) atoms. The normalized spacial score (nSPS) is 11.8. The van der Waals surface area contributed by atoms with Crippen molar-refractivity contribution in [3.63, 3.8) is 0 Å². The van der Waals surface area contributed by atoms with E-state index in [1.54, 1.807) is 0 Å². The summed E-state index contributed by atoms with van der Waals surface area (Å²) in [4.78, 5) is 11.9. The van der Waals surface area contributed by atoms with Crippen LogP contribution in [0, 0.1) is 5.82 Å². The van der Waals surface area contributed by atoms with Gasteiger partial charge in [-0.1, -0.05) is 19.1 Å². The van der Waals surface area contributed by atoms with E-state index in [-0.39, 0.29) is 34.2 Å². The predicted octanol–water partition coefficient (Wildman–Crippen LogP) is 1.79. The molecule has 10 heteroatoms. The van der Waals surface area contributed by atoms with Crippen molar-refractivity contribution in [1.82, 2.24) is 5.32 Å². The van der Waals surface area contributed by atoms with Gasteiger partial charge in [-0.25, -0.2) is 21.2 Å². The van der Waals surface area contributed by atoms with Gasteiger partial charge in [0.05, 0.1) is 16.3 Å². The Bertz CT molecular complexity index is 1020. The first kappa shape index (κ1) is 20.8. The maximum Gasteiger partial charge on any atom is 0.261 e. The van der Waals surface area contributed by atoms with Gasteiger partial charge in [-0.2, -0.15) is 0 Å². The Hall–Kier alpha value is -2.46. The molecule has 0 radical (unpaired) electrons. The Morgan fingerprint density at radius 3 is 2.22 bits per heavy atom. The van der Waals surface area contributed by atoms with Gasteiger partial charge in [-0.15, -0.1) is 0 Å². The number of anilines is 1. The van der Waals surface area contributed by atoms with E-state index < -0.39 is 31.6 Å². The lowest BCUT2D eigenvalue weighted by atomic mass is 10.2. The molecule has 0 atom stereocenters. The minimum Gasteiger partial charge on any atom is -0.351 e. The van der Waals surface area contributed by atoms with Crippen LogP contribution in [-0.2, 0) is 19.9 Å². The van der Waals surface area contributed by atoms with Crippen LogP contribution >= 0.6 is 0 Å². The minimum atomic E-state index is -4.02. The summed E-state index contributed by atoms with van der Waals surface area (Å²) in [6.45, 7) is 1.48. The van der Waals surface area contributed by atoms with Gasteiger partial charge in [0, 0.05) is 17.9 Å². The van der Waals surface area contributed by atoms with Gasteiger partial charge in [0.15, 0.2) is 9.84 Å². The van der Waals surface area contributed by atoms with Crippen molar-refractivity contribution in [2.24, 2.45) is 0 Å². The van der Waals surface area contributed by atoms with E-state index in [0.717, 1.165) is 6.07 Å². The minimum absolute atomic E-state index is 0.00949. The number of para-hydroxylation sites is 1. The number of carbonyl (C=O) groups excluding carboxylic acids is 1. The highest BCUT2D eigenvalue weighted by atomic mass is 32.2. The Labute approximate surface area is 157 Å². The van der Waals surface area contributed by atoms with Crippen molar-refractivity contribution in [2.45, 2.75) is 11.8 Å². The summed E-state index contributed by atoms with van der Waals surface area (Å²) in [6, 6.07) is 10.4. The molecule has 0 aliphatic rings. The quantitative estimate of drug-likeness (QED) is 0.684. The molecule has 0 spiro atoms. The van der Waals surface area contributed by atoms with Gasteiger partial charge in [0.2, 0.25) is 0 Å². The second kappa shape index (κ2) is 8.49. The SMILES string of the molecule is CCS(=O)(=O)CCNC(=O)c1ccc(S(=O)(=O)Nc2ccccc2F)cc1. The molecule has 2 rings (SSSR count). The molecule has 0 bridgehead atoms. The Balaban J connectivity index is 2.05. The fourth-order valence-corrected chi connectivity index (χ4v) is 3.87. The number of sulfonamides is 1. The molecular formula is C17H19FN2O5S2. The summed E-state index contributed by atoms with van der Waals surface area (Å²) in [7, 11) is -7.21. The van der Waals surface area contributed by atoms with Crippen LogP contribution in [0.2, 0.25) is 0 Å². The first-order chi connectivity index (χ1) is 12.6. The van der Waals surface area contributed by atoms with Crippen LogP contribution in [0.5, 0.6) is 0 Å². The second-order valence-electron chi connectivity index (χ2n) is 5.60. The molecule has 0 aliphatic heterocycles. The molecule has 0 fully saturated rings. The van der Waals surface area contributed by atoms with Crippen molar-refractivity contribution in [3.8, 4) is 0 Å². The summed E-state index contributed by atoms with van der Waals surface area (Å²) >= 11 is 0. The number of nitrogens with one attached hydrogen (secondary N) is 2. The van der Waals surface area contributed by atoms with Gasteiger partial charge < -0.3 is 5.32 Å². The van der Waals surface area contributed by atoms with E-state index in [0.29, 0.717) is 0 Å². The average molecular weight is 414 g/mol. The average Bonchev–Trinajstić information content (AvgIpc) is 2.63. The molecule has 7 nitrogen and oxygen atoms in total. The maximum atomic E-state index is 13.6. The highest BCUT2D eigenvalue weighted by Crippen LogP contribution is 2.19. The molecule has 1 amide bonds. The zero-order chi connectivity index (χ0) is 20.1. The summed E-state index contributed by atoms with van der Waals surface area (Å²) in [6.07, 6.45) is 0. The number of halogens is 1. The number of benzene rings is 2. The highest BCUT2D eigenvalue weighted by molar-refractivity contribution is 7.92. The van der Waals surface area contributed by atoms with Crippen LogP contribution in [0.25, 0.3) is 0 Å².